The molecule has 1 N–H and O–H groups in total. The Morgan fingerprint density at radius 1 is 1.20 bits per heavy atom. The van der Waals surface area contributed by atoms with E-state index in [1.54, 1.807) is 6.07 Å². The van der Waals surface area contributed by atoms with Gasteiger partial charge in [0.1, 0.15) is 0 Å². The maximum atomic E-state index is 11.2. The van der Waals surface area contributed by atoms with Gasteiger partial charge in [-0.3, -0.25) is 0 Å². The quantitative estimate of drug-likeness (QED) is 0.905. The van der Waals surface area contributed by atoms with E-state index < -0.39 is 5.97 Å². The van der Waals surface area contributed by atoms with Crippen molar-refractivity contribution in [3.63, 3.8) is 0 Å². The van der Waals surface area contributed by atoms with Crippen LogP contribution in [0.15, 0.2) is 42.5 Å². The zero-order chi connectivity index (χ0) is 14.5. The van der Waals surface area contributed by atoms with Gasteiger partial charge in [0.25, 0.3) is 0 Å². The van der Waals surface area contributed by atoms with Crippen molar-refractivity contribution in [3.05, 3.63) is 48.0 Å². The van der Waals surface area contributed by atoms with Gasteiger partial charge in [-0.05, 0) is 24.6 Å². The molecule has 0 radical (unpaired) electrons. The van der Waals surface area contributed by atoms with Crippen molar-refractivity contribution in [2.45, 2.75) is 6.92 Å². The highest BCUT2D eigenvalue weighted by Crippen LogP contribution is 2.39. The van der Waals surface area contributed by atoms with E-state index >= 15 is 0 Å². The highest BCUT2D eigenvalue weighted by Gasteiger charge is 2.17. The first-order valence-electron chi connectivity index (χ1n) is 6.31. The summed E-state index contributed by atoms with van der Waals surface area (Å²) in [6, 6.07) is 12.6. The second kappa shape index (κ2) is 6.10. The molecule has 2 rings (SSSR count). The lowest BCUT2D eigenvalue weighted by molar-refractivity contribution is 0.0696. The molecule has 0 aliphatic heterocycles. The molecule has 0 aliphatic carbocycles. The van der Waals surface area contributed by atoms with E-state index in [2.05, 4.69) is 0 Å². The molecule has 20 heavy (non-hydrogen) atoms. The Kier molecular flexibility index (Phi) is 4.25. The van der Waals surface area contributed by atoms with E-state index in [9.17, 15) is 9.90 Å². The zero-order valence-corrected chi connectivity index (χ0v) is 11.4. The second-order valence-electron chi connectivity index (χ2n) is 4.16. The van der Waals surface area contributed by atoms with Gasteiger partial charge in [0.05, 0.1) is 19.3 Å². The highest BCUT2D eigenvalue weighted by atomic mass is 16.5. The summed E-state index contributed by atoms with van der Waals surface area (Å²) < 4.78 is 10.9. The van der Waals surface area contributed by atoms with E-state index in [1.807, 2.05) is 37.3 Å². The lowest BCUT2D eigenvalue weighted by Gasteiger charge is -2.15. The van der Waals surface area contributed by atoms with Gasteiger partial charge in [-0.1, -0.05) is 30.3 Å². The zero-order valence-electron chi connectivity index (χ0n) is 11.4. The van der Waals surface area contributed by atoms with Crippen LogP contribution in [0.4, 0.5) is 0 Å². The van der Waals surface area contributed by atoms with Crippen LogP contribution in [-0.2, 0) is 0 Å². The molecule has 0 spiro atoms. The van der Waals surface area contributed by atoms with Crippen LogP contribution in [0.3, 0.4) is 0 Å². The number of carboxylic acids is 1. The van der Waals surface area contributed by atoms with Crippen molar-refractivity contribution in [2.75, 3.05) is 13.7 Å². The maximum Gasteiger partial charge on any atom is 0.335 e. The molecule has 0 saturated carbocycles. The Bertz CT molecular complexity index is 605. The maximum absolute atomic E-state index is 11.2. The number of carbonyl (C=O) groups is 1. The molecule has 4 heteroatoms. The van der Waals surface area contributed by atoms with Gasteiger partial charge in [-0.15, -0.1) is 0 Å². The number of rotatable bonds is 5. The van der Waals surface area contributed by atoms with E-state index in [1.165, 1.54) is 13.2 Å². The van der Waals surface area contributed by atoms with Crippen molar-refractivity contribution in [1.29, 1.82) is 0 Å². The molecule has 0 atom stereocenters. The fourth-order valence-corrected chi connectivity index (χ4v) is 2.00. The fourth-order valence-electron chi connectivity index (χ4n) is 2.00. The van der Waals surface area contributed by atoms with Crippen molar-refractivity contribution in [3.8, 4) is 22.6 Å². The standard InChI is InChI=1S/C16H16O4/c1-3-20-15-13(11-7-5-4-6-8-11)9-12(16(17)18)10-14(15)19-2/h4-10H,3H2,1-2H3,(H,17,18). The predicted molar refractivity (Wildman–Crippen MR) is 76.6 cm³/mol. The van der Waals surface area contributed by atoms with Crippen molar-refractivity contribution in [1.82, 2.24) is 0 Å². The minimum Gasteiger partial charge on any atom is -0.493 e. The average Bonchev–Trinajstić information content (AvgIpc) is 2.48. The summed E-state index contributed by atoms with van der Waals surface area (Å²) in [5.74, 6) is -0.0136. The van der Waals surface area contributed by atoms with E-state index in [-0.39, 0.29) is 5.56 Å². The van der Waals surface area contributed by atoms with Crippen LogP contribution in [0.2, 0.25) is 0 Å². The first-order chi connectivity index (χ1) is 9.67. The van der Waals surface area contributed by atoms with E-state index in [0.717, 1.165) is 5.56 Å². The van der Waals surface area contributed by atoms with Crippen molar-refractivity contribution >= 4 is 5.97 Å². The average molecular weight is 272 g/mol. The van der Waals surface area contributed by atoms with Gasteiger partial charge in [0, 0.05) is 5.56 Å². The molecule has 104 valence electrons. The van der Waals surface area contributed by atoms with Crippen LogP contribution in [0.25, 0.3) is 11.1 Å². The third kappa shape index (κ3) is 2.74. The summed E-state index contributed by atoms with van der Waals surface area (Å²) in [5.41, 5.74) is 1.77. The smallest absolute Gasteiger partial charge is 0.335 e. The van der Waals surface area contributed by atoms with Crippen LogP contribution < -0.4 is 9.47 Å². The second-order valence-corrected chi connectivity index (χ2v) is 4.16. The molecule has 0 saturated heterocycles. The van der Waals surface area contributed by atoms with Gasteiger partial charge in [-0.25, -0.2) is 4.79 Å². The third-order valence-corrected chi connectivity index (χ3v) is 2.90. The lowest BCUT2D eigenvalue weighted by atomic mass is 10.0. The molecule has 4 nitrogen and oxygen atoms in total. The topological polar surface area (TPSA) is 55.8 Å². The summed E-state index contributed by atoms with van der Waals surface area (Å²) in [6.45, 7) is 2.35. The molecule has 0 aromatic heterocycles. The molecule has 0 heterocycles. The van der Waals surface area contributed by atoms with Gasteiger partial charge in [0.15, 0.2) is 11.5 Å². The minimum absolute atomic E-state index is 0.171. The summed E-state index contributed by atoms with van der Waals surface area (Å²) in [7, 11) is 1.50. The number of aromatic carboxylic acids is 1. The summed E-state index contributed by atoms with van der Waals surface area (Å²) in [4.78, 5) is 11.2. The molecule has 0 fully saturated rings. The molecule has 0 bridgehead atoms. The Balaban J connectivity index is 2.68. The Morgan fingerprint density at radius 2 is 1.90 bits per heavy atom. The van der Waals surface area contributed by atoms with Gasteiger partial charge in [0.2, 0.25) is 0 Å². The SMILES string of the molecule is CCOc1c(OC)cc(C(=O)O)cc1-c1ccccc1. The molecule has 2 aromatic carbocycles. The van der Waals surface area contributed by atoms with Gasteiger partial charge >= 0.3 is 5.97 Å². The van der Waals surface area contributed by atoms with E-state index in [0.29, 0.717) is 23.7 Å². The molecule has 0 amide bonds. The largest absolute Gasteiger partial charge is 0.493 e. The minimum atomic E-state index is -0.997. The van der Waals surface area contributed by atoms with Crippen LogP contribution in [-0.4, -0.2) is 24.8 Å². The Morgan fingerprint density at radius 3 is 2.45 bits per heavy atom. The van der Waals surface area contributed by atoms with Crippen molar-refractivity contribution < 1.29 is 19.4 Å². The molecule has 2 aromatic rings. The van der Waals surface area contributed by atoms with Crippen LogP contribution in [0.5, 0.6) is 11.5 Å². The first kappa shape index (κ1) is 13.9. The number of benzene rings is 2. The predicted octanol–water partition coefficient (Wildman–Crippen LogP) is 3.46. The summed E-state index contributed by atoms with van der Waals surface area (Å²) in [6.07, 6.45) is 0. The highest BCUT2D eigenvalue weighted by molar-refractivity contribution is 5.92. The molecule has 0 aliphatic rings. The monoisotopic (exact) mass is 272 g/mol. The normalized spacial score (nSPS) is 10.1. The summed E-state index contributed by atoms with van der Waals surface area (Å²) in [5, 5.41) is 9.20. The number of hydrogen-bond acceptors (Lipinski definition) is 3. The first-order valence-corrected chi connectivity index (χ1v) is 6.31. The number of hydrogen-bond donors (Lipinski definition) is 1. The lowest BCUT2D eigenvalue weighted by Crippen LogP contribution is -2.02. The molecular weight excluding hydrogens is 256 g/mol. The van der Waals surface area contributed by atoms with Gasteiger partial charge in [-0.2, -0.15) is 0 Å². The van der Waals surface area contributed by atoms with Gasteiger partial charge < -0.3 is 14.6 Å². The van der Waals surface area contributed by atoms with Crippen LogP contribution >= 0.6 is 0 Å². The molecular formula is C16H16O4. The Hall–Kier alpha value is -2.49. The Labute approximate surface area is 117 Å². The van der Waals surface area contributed by atoms with E-state index in [4.69, 9.17) is 9.47 Å². The fraction of sp³-hybridized carbons (Fsp3) is 0.188. The third-order valence-electron chi connectivity index (χ3n) is 2.90. The molecule has 0 unspecified atom stereocenters. The van der Waals surface area contributed by atoms with Crippen LogP contribution in [0, 0.1) is 0 Å². The van der Waals surface area contributed by atoms with Crippen LogP contribution in [0.1, 0.15) is 17.3 Å². The number of ether oxygens (including phenoxy) is 2. The number of methoxy groups -OCH3 is 1. The number of carboxylic acid groups (broad SMARTS) is 1. The summed E-state index contributed by atoms with van der Waals surface area (Å²) >= 11 is 0. The van der Waals surface area contributed by atoms with Crippen molar-refractivity contribution in [2.24, 2.45) is 0 Å².